The molecule has 2 rings (SSSR count). The average Bonchev–Trinajstić information content (AvgIpc) is 2.74. The summed E-state index contributed by atoms with van der Waals surface area (Å²) < 4.78 is 0. The van der Waals surface area contributed by atoms with Gasteiger partial charge in [-0.05, 0) is 24.9 Å². The third kappa shape index (κ3) is 8.53. The third-order valence-corrected chi connectivity index (χ3v) is 6.29. The molecule has 0 aromatic heterocycles. The highest BCUT2D eigenvalue weighted by Gasteiger charge is 2.31. The van der Waals surface area contributed by atoms with Gasteiger partial charge in [-0.1, -0.05) is 55.9 Å². The molecule has 1 saturated heterocycles. The summed E-state index contributed by atoms with van der Waals surface area (Å²) in [6.07, 6.45) is 0.720. The Balaban J connectivity index is 2.02. The van der Waals surface area contributed by atoms with Crippen LogP contribution in [0.1, 0.15) is 26.3 Å². The van der Waals surface area contributed by atoms with Crippen molar-refractivity contribution in [2.24, 2.45) is 5.92 Å². The molecule has 1 aromatic rings. The van der Waals surface area contributed by atoms with E-state index in [-0.39, 0.29) is 23.0 Å². The lowest BCUT2D eigenvalue weighted by molar-refractivity contribution is -0.135. The van der Waals surface area contributed by atoms with Gasteiger partial charge >= 0.3 is 6.03 Å². The third-order valence-electron chi connectivity index (χ3n) is 5.49. The first kappa shape index (κ1) is 25.2. The molecule has 1 aliphatic heterocycles. The minimum absolute atomic E-state index is 0.0151. The fraction of sp³-hybridized carbons (Fsp3) is 0.609. The molecule has 0 spiro atoms. The molecule has 7 nitrogen and oxygen atoms in total. The van der Waals surface area contributed by atoms with Crippen molar-refractivity contribution in [3.05, 3.63) is 35.9 Å². The van der Waals surface area contributed by atoms with Gasteiger partial charge in [0.1, 0.15) is 6.04 Å². The Hall–Kier alpha value is -2.06. The first-order valence-electron chi connectivity index (χ1n) is 11.0. The van der Waals surface area contributed by atoms with Crippen molar-refractivity contribution in [3.8, 4) is 0 Å². The van der Waals surface area contributed by atoms with Crippen LogP contribution in [0.3, 0.4) is 0 Å². The van der Waals surface area contributed by atoms with E-state index in [2.05, 4.69) is 10.2 Å². The summed E-state index contributed by atoms with van der Waals surface area (Å²) in [5.41, 5.74) is 1.15. The molecule has 1 heterocycles. The second-order valence-corrected chi connectivity index (χ2v) is 9.63. The summed E-state index contributed by atoms with van der Waals surface area (Å²) in [6, 6.07) is 9.19. The van der Waals surface area contributed by atoms with Crippen molar-refractivity contribution in [1.82, 2.24) is 20.0 Å². The molecular formula is C23H36N4O3S. The quantitative estimate of drug-likeness (QED) is 0.628. The fourth-order valence-electron chi connectivity index (χ4n) is 3.48. The van der Waals surface area contributed by atoms with Gasteiger partial charge in [0.2, 0.25) is 5.91 Å². The molecule has 1 aliphatic rings. The van der Waals surface area contributed by atoms with E-state index in [1.54, 1.807) is 4.90 Å². The largest absolute Gasteiger partial charge is 0.338 e. The van der Waals surface area contributed by atoms with E-state index in [4.69, 9.17) is 0 Å². The zero-order valence-corrected chi connectivity index (χ0v) is 20.0. The van der Waals surface area contributed by atoms with Crippen LogP contribution in [0.2, 0.25) is 0 Å². The second-order valence-electron chi connectivity index (χ2n) is 8.36. The van der Waals surface area contributed by atoms with Crippen molar-refractivity contribution in [1.29, 1.82) is 0 Å². The van der Waals surface area contributed by atoms with Crippen LogP contribution in [0.25, 0.3) is 0 Å². The van der Waals surface area contributed by atoms with Gasteiger partial charge < -0.3 is 20.0 Å². The molecule has 1 aromatic carbocycles. The van der Waals surface area contributed by atoms with Crippen LogP contribution in [0.15, 0.2) is 30.3 Å². The van der Waals surface area contributed by atoms with Gasteiger partial charge in [0.15, 0.2) is 5.12 Å². The topological polar surface area (TPSA) is 73.0 Å². The van der Waals surface area contributed by atoms with E-state index in [1.165, 1.54) is 18.7 Å². The van der Waals surface area contributed by atoms with Crippen molar-refractivity contribution >= 4 is 28.8 Å². The van der Waals surface area contributed by atoms with E-state index >= 15 is 0 Å². The Morgan fingerprint density at radius 1 is 1.06 bits per heavy atom. The van der Waals surface area contributed by atoms with Gasteiger partial charge in [0.05, 0.1) is 0 Å². The Bertz CT molecular complexity index is 721. The summed E-state index contributed by atoms with van der Waals surface area (Å²) >= 11 is 1.21. The Labute approximate surface area is 190 Å². The second kappa shape index (κ2) is 12.7. The minimum Gasteiger partial charge on any atom is -0.338 e. The van der Waals surface area contributed by atoms with Gasteiger partial charge in [-0.15, -0.1) is 0 Å². The van der Waals surface area contributed by atoms with Crippen molar-refractivity contribution < 1.29 is 14.4 Å². The number of carbonyl (C=O) groups excluding carboxylic acids is 3. The number of urea groups is 1. The van der Waals surface area contributed by atoms with Crippen LogP contribution >= 0.6 is 11.8 Å². The van der Waals surface area contributed by atoms with Gasteiger partial charge in [0, 0.05) is 51.9 Å². The van der Waals surface area contributed by atoms with E-state index in [0.29, 0.717) is 31.9 Å². The molecule has 0 radical (unpaired) electrons. The van der Waals surface area contributed by atoms with Crippen LogP contribution < -0.4 is 5.32 Å². The van der Waals surface area contributed by atoms with E-state index < -0.39 is 6.04 Å². The molecule has 8 heteroatoms. The summed E-state index contributed by atoms with van der Waals surface area (Å²) in [5.74, 6) is 0.507. The Morgan fingerprint density at radius 3 is 2.29 bits per heavy atom. The number of piperazine rings is 1. The number of hydrogen-bond donors (Lipinski definition) is 1. The van der Waals surface area contributed by atoms with Crippen LogP contribution in [0.4, 0.5) is 4.79 Å². The number of thioether (sulfide) groups is 1. The number of rotatable bonds is 9. The number of amides is 3. The van der Waals surface area contributed by atoms with Gasteiger partial charge in [-0.2, -0.15) is 0 Å². The molecule has 0 aliphatic carbocycles. The van der Waals surface area contributed by atoms with Crippen molar-refractivity contribution in [3.63, 3.8) is 0 Å². The average molecular weight is 449 g/mol. The van der Waals surface area contributed by atoms with Gasteiger partial charge in [0.25, 0.3) is 0 Å². The summed E-state index contributed by atoms with van der Waals surface area (Å²) in [4.78, 5) is 43.3. The maximum Gasteiger partial charge on any atom is 0.318 e. The molecule has 0 bridgehead atoms. The normalized spacial score (nSPS) is 15.6. The number of hydrogen-bond acceptors (Lipinski definition) is 5. The van der Waals surface area contributed by atoms with Gasteiger partial charge in [-0.25, -0.2) is 4.79 Å². The molecule has 1 unspecified atom stereocenters. The molecular weight excluding hydrogens is 412 g/mol. The lowest BCUT2D eigenvalue weighted by Crippen LogP contribution is -2.57. The molecule has 31 heavy (non-hydrogen) atoms. The molecule has 172 valence electrons. The van der Waals surface area contributed by atoms with E-state index in [0.717, 1.165) is 25.1 Å². The monoisotopic (exact) mass is 448 g/mol. The van der Waals surface area contributed by atoms with Crippen LogP contribution in [-0.2, 0) is 16.0 Å². The highest BCUT2D eigenvalue weighted by Crippen LogP contribution is 2.11. The molecule has 1 fully saturated rings. The number of nitrogens with zero attached hydrogens (tertiary/aromatic N) is 3. The predicted octanol–water partition coefficient (Wildman–Crippen LogP) is 2.32. The maximum atomic E-state index is 13.1. The highest BCUT2D eigenvalue weighted by atomic mass is 32.2. The first-order valence-corrected chi connectivity index (χ1v) is 12.0. The maximum absolute atomic E-state index is 13.1. The Kier molecular flexibility index (Phi) is 10.3. The minimum atomic E-state index is -0.560. The standard InChI is InChI=1S/C23H36N4O3S/c1-18(2)21(22(29)26-14-12-25(4)13-15-26)24-23(30)27(16-17-31-19(3)28)11-10-20-8-6-5-7-9-20/h5-9,18,21H,10-17H2,1-4H3,(H,24,30). The SMILES string of the molecule is CC(=O)SCCN(CCc1ccccc1)C(=O)NC(C(=O)N1CCN(C)CC1)C(C)C. The number of nitrogens with one attached hydrogen (secondary N) is 1. The number of carbonyl (C=O) groups is 3. The molecule has 1 atom stereocenters. The lowest BCUT2D eigenvalue weighted by atomic mass is 10.0. The fourth-order valence-corrected chi connectivity index (χ4v) is 4.08. The highest BCUT2D eigenvalue weighted by molar-refractivity contribution is 8.13. The predicted molar refractivity (Wildman–Crippen MR) is 126 cm³/mol. The van der Waals surface area contributed by atoms with E-state index in [9.17, 15) is 14.4 Å². The molecule has 1 N–H and O–H groups in total. The lowest BCUT2D eigenvalue weighted by Gasteiger charge is -2.36. The zero-order chi connectivity index (χ0) is 22.8. The van der Waals surface area contributed by atoms with Crippen LogP contribution in [-0.4, -0.2) is 89.9 Å². The van der Waals surface area contributed by atoms with Crippen LogP contribution in [0.5, 0.6) is 0 Å². The Morgan fingerprint density at radius 2 is 1.71 bits per heavy atom. The first-order chi connectivity index (χ1) is 14.8. The zero-order valence-electron chi connectivity index (χ0n) is 19.2. The summed E-state index contributed by atoms with van der Waals surface area (Å²) in [5, 5.41) is 3.02. The van der Waals surface area contributed by atoms with Crippen molar-refractivity contribution in [2.45, 2.75) is 33.2 Å². The summed E-state index contributed by atoms with van der Waals surface area (Å²) in [6.45, 7) is 9.48. The summed E-state index contributed by atoms with van der Waals surface area (Å²) in [7, 11) is 2.05. The molecule has 0 saturated carbocycles. The number of benzene rings is 1. The van der Waals surface area contributed by atoms with Crippen LogP contribution in [0, 0.1) is 5.92 Å². The smallest absolute Gasteiger partial charge is 0.318 e. The van der Waals surface area contributed by atoms with Crippen molar-refractivity contribution in [2.75, 3.05) is 52.1 Å². The van der Waals surface area contributed by atoms with E-state index in [1.807, 2.05) is 56.1 Å². The number of likely N-dealkylation sites (N-methyl/N-ethyl adjacent to an activating group) is 1. The molecule has 3 amide bonds. The van der Waals surface area contributed by atoms with Gasteiger partial charge in [-0.3, -0.25) is 9.59 Å².